The molecule has 0 bridgehead atoms. The van der Waals surface area contributed by atoms with Crippen LogP contribution < -0.4 is 15.8 Å². The van der Waals surface area contributed by atoms with Crippen LogP contribution >= 0.6 is 0 Å². The van der Waals surface area contributed by atoms with E-state index in [2.05, 4.69) is 25.0 Å². The largest absolute Gasteiger partial charge is 0.465 e. The number of amides is 1. The van der Waals surface area contributed by atoms with Gasteiger partial charge in [0.15, 0.2) is 0 Å². The van der Waals surface area contributed by atoms with Crippen LogP contribution in [0.5, 0.6) is 5.88 Å². The lowest BCUT2D eigenvalue weighted by atomic mass is 9.78. The minimum atomic E-state index is -1.28. The molecule has 0 aliphatic carbocycles. The highest BCUT2D eigenvalue weighted by Gasteiger charge is 2.55. The summed E-state index contributed by atoms with van der Waals surface area (Å²) in [4.78, 5) is 24.4. The van der Waals surface area contributed by atoms with Crippen molar-refractivity contribution in [2.24, 2.45) is 16.6 Å². The quantitative estimate of drug-likeness (QED) is 0.706. The monoisotopic (exact) mass is 437 g/mol. The van der Waals surface area contributed by atoms with E-state index in [0.717, 1.165) is 18.5 Å². The zero-order chi connectivity index (χ0) is 22.0. The molecule has 164 valence electrons. The lowest BCUT2D eigenvalue weighted by molar-refractivity contribution is 0.0528. The van der Waals surface area contributed by atoms with Crippen LogP contribution in [-0.2, 0) is 15.0 Å². The van der Waals surface area contributed by atoms with Gasteiger partial charge in [0, 0.05) is 11.3 Å². The van der Waals surface area contributed by atoms with Crippen molar-refractivity contribution in [1.29, 1.82) is 0 Å². The van der Waals surface area contributed by atoms with Crippen LogP contribution in [0.15, 0.2) is 35.6 Å². The number of carbonyl (C=O) groups is 1. The van der Waals surface area contributed by atoms with Gasteiger partial charge in [-0.3, -0.25) is 4.79 Å². The van der Waals surface area contributed by atoms with Gasteiger partial charge in [-0.25, -0.2) is 28.1 Å². The van der Waals surface area contributed by atoms with Gasteiger partial charge in [0.2, 0.25) is 12.7 Å². The van der Waals surface area contributed by atoms with Crippen molar-refractivity contribution in [3.8, 4) is 5.88 Å². The minimum Gasteiger partial charge on any atom is -0.465 e. The van der Waals surface area contributed by atoms with Gasteiger partial charge in [-0.2, -0.15) is 0 Å². The Morgan fingerprint density at radius 2 is 2.16 bits per heavy atom. The summed E-state index contributed by atoms with van der Waals surface area (Å²) in [7, 11) is 0. The van der Waals surface area contributed by atoms with E-state index in [1.807, 2.05) is 0 Å². The average molecular weight is 437 g/mol. The van der Waals surface area contributed by atoms with Crippen molar-refractivity contribution >= 4 is 17.6 Å². The van der Waals surface area contributed by atoms with E-state index in [4.69, 9.17) is 15.2 Å². The average Bonchev–Trinajstić information content (AvgIpc) is 3.14. The molecule has 4 rings (SSSR count). The molecular formula is C19H18F3N5O4. The number of hydrogen-bond donors (Lipinski definition) is 2. The number of benzene rings is 1. The molecular weight excluding hydrogens is 419 g/mol. The number of aromatic nitrogens is 2. The number of amidine groups is 1. The first kappa shape index (κ1) is 20.8. The standard InChI is InChI=1S/C19H18F3N5O4/c20-4-15-12-7-29-18(23)27-19(12,8-30-15)11-3-10(1-2-13(11)22)26-17(28)14-5-25-16(6-24-14)31-9-21/h1-3,5-6,12,15H,4,7-9H2,(H2,23,27)(H,26,28). The highest BCUT2D eigenvalue weighted by atomic mass is 19.1. The maximum absolute atomic E-state index is 14.8. The summed E-state index contributed by atoms with van der Waals surface area (Å²) < 4.78 is 55.7. The summed E-state index contributed by atoms with van der Waals surface area (Å²) in [5.41, 5.74) is 4.70. The van der Waals surface area contributed by atoms with E-state index in [1.54, 1.807) is 0 Å². The molecule has 9 nitrogen and oxygen atoms in total. The number of ether oxygens (including phenoxy) is 3. The number of halogens is 3. The first-order chi connectivity index (χ1) is 15.0. The molecule has 2 aliphatic heterocycles. The second kappa shape index (κ2) is 8.38. The second-order valence-electron chi connectivity index (χ2n) is 6.94. The normalized spacial score (nSPS) is 24.7. The minimum absolute atomic E-state index is 0.0167. The molecule has 3 atom stereocenters. The molecule has 0 spiro atoms. The molecule has 1 amide bonds. The molecule has 3 heterocycles. The second-order valence-corrected chi connectivity index (χ2v) is 6.94. The van der Waals surface area contributed by atoms with Gasteiger partial charge in [-0.15, -0.1) is 0 Å². The van der Waals surface area contributed by atoms with Crippen molar-refractivity contribution in [3.63, 3.8) is 0 Å². The molecule has 1 aromatic carbocycles. The van der Waals surface area contributed by atoms with Gasteiger partial charge in [0.05, 0.1) is 37.6 Å². The number of nitrogens with one attached hydrogen (secondary N) is 1. The highest BCUT2D eigenvalue weighted by molar-refractivity contribution is 6.02. The predicted molar refractivity (Wildman–Crippen MR) is 101 cm³/mol. The number of nitrogens with zero attached hydrogens (tertiary/aromatic N) is 3. The van der Waals surface area contributed by atoms with Crippen molar-refractivity contribution < 1.29 is 32.2 Å². The van der Waals surface area contributed by atoms with Crippen LogP contribution in [-0.4, -0.2) is 54.7 Å². The maximum Gasteiger partial charge on any atom is 0.282 e. The fourth-order valence-electron chi connectivity index (χ4n) is 3.71. The fourth-order valence-corrected chi connectivity index (χ4v) is 3.71. The third-order valence-electron chi connectivity index (χ3n) is 5.21. The van der Waals surface area contributed by atoms with Crippen LogP contribution in [0.4, 0.5) is 18.9 Å². The van der Waals surface area contributed by atoms with E-state index in [0.29, 0.717) is 0 Å². The van der Waals surface area contributed by atoms with Crippen LogP contribution in [0.1, 0.15) is 16.1 Å². The lowest BCUT2D eigenvalue weighted by Crippen LogP contribution is -2.45. The highest BCUT2D eigenvalue weighted by Crippen LogP contribution is 2.46. The van der Waals surface area contributed by atoms with Gasteiger partial charge in [-0.05, 0) is 18.2 Å². The number of alkyl halides is 2. The van der Waals surface area contributed by atoms with E-state index in [9.17, 15) is 18.0 Å². The predicted octanol–water partition coefficient (Wildman–Crippen LogP) is 1.70. The zero-order valence-corrected chi connectivity index (χ0v) is 16.1. The van der Waals surface area contributed by atoms with Gasteiger partial charge in [0.25, 0.3) is 11.9 Å². The number of nitrogens with two attached hydrogens (primary N) is 1. The summed E-state index contributed by atoms with van der Waals surface area (Å²) in [6, 6.07) is 3.75. The van der Waals surface area contributed by atoms with Crippen LogP contribution in [0.3, 0.4) is 0 Å². The summed E-state index contributed by atoms with van der Waals surface area (Å²) in [6.45, 7) is -1.94. The van der Waals surface area contributed by atoms with E-state index < -0.39 is 42.8 Å². The van der Waals surface area contributed by atoms with E-state index in [1.165, 1.54) is 12.1 Å². The molecule has 0 saturated carbocycles. The molecule has 0 radical (unpaired) electrons. The Bertz CT molecular complexity index is 1010. The molecule has 3 N–H and O–H groups in total. The smallest absolute Gasteiger partial charge is 0.282 e. The van der Waals surface area contributed by atoms with Crippen LogP contribution in [0, 0.1) is 11.7 Å². The Balaban J connectivity index is 1.63. The summed E-state index contributed by atoms with van der Waals surface area (Å²) in [5, 5.41) is 2.58. The Labute approximate surface area is 174 Å². The lowest BCUT2D eigenvalue weighted by Gasteiger charge is -2.35. The maximum atomic E-state index is 14.8. The molecule has 31 heavy (non-hydrogen) atoms. The zero-order valence-electron chi connectivity index (χ0n) is 16.1. The van der Waals surface area contributed by atoms with Crippen molar-refractivity contribution in [2.45, 2.75) is 11.6 Å². The molecule has 1 fully saturated rings. The van der Waals surface area contributed by atoms with Crippen LogP contribution in [0.2, 0.25) is 0 Å². The SMILES string of the molecule is NC1=NC2(c3cc(NC(=O)c4cnc(OCF)cn4)ccc3F)COC(CF)C2CO1. The molecule has 2 aliphatic rings. The summed E-state index contributed by atoms with van der Waals surface area (Å²) in [6.07, 6.45) is 1.38. The van der Waals surface area contributed by atoms with Crippen molar-refractivity contribution in [3.05, 3.63) is 47.7 Å². The Hall–Kier alpha value is -3.41. The number of anilines is 1. The fraction of sp³-hybridized carbons (Fsp3) is 0.368. The number of carbonyl (C=O) groups excluding carboxylic acids is 1. The van der Waals surface area contributed by atoms with Gasteiger partial charge >= 0.3 is 0 Å². The van der Waals surface area contributed by atoms with Crippen molar-refractivity contribution in [2.75, 3.05) is 32.1 Å². The third kappa shape index (κ3) is 3.85. The molecule has 12 heteroatoms. The number of aliphatic imine (C=N–C) groups is 1. The molecule has 1 aromatic heterocycles. The van der Waals surface area contributed by atoms with E-state index >= 15 is 0 Å². The number of hydrogen-bond acceptors (Lipinski definition) is 8. The summed E-state index contributed by atoms with van der Waals surface area (Å²) in [5.74, 6) is -1.92. The number of rotatable bonds is 6. The Morgan fingerprint density at radius 3 is 2.87 bits per heavy atom. The van der Waals surface area contributed by atoms with Crippen LogP contribution in [0.25, 0.3) is 0 Å². The summed E-state index contributed by atoms with van der Waals surface area (Å²) >= 11 is 0. The molecule has 1 saturated heterocycles. The van der Waals surface area contributed by atoms with E-state index in [-0.39, 0.29) is 42.1 Å². The molecule has 3 unspecified atom stereocenters. The number of fused-ring (bicyclic) bond motifs is 1. The Kier molecular flexibility index (Phi) is 5.63. The van der Waals surface area contributed by atoms with Crippen molar-refractivity contribution in [1.82, 2.24) is 9.97 Å². The first-order valence-corrected chi connectivity index (χ1v) is 9.24. The van der Waals surface area contributed by atoms with Gasteiger partial charge in [-0.1, -0.05) is 0 Å². The first-order valence-electron chi connectivity index (χ1n) is 9.24. The van der Waals surface area contributed by atoms with Gasteiger partial charge in [0.1, 0.15) is 23.7 Å². The Morgan fingerprint density at radius 1 is 1.32 bits per heavy atom. The molecule has 2 aromatic rings. The third-order valence-corrected chi connectivity index (χ3v) is 5.21. The topological polar surface area (TPSA) is 121 Å². The van der Waals surface area contributed by atoms with Gasteiger partial charge < -0.3 is 25.3 Å².